The normalized spacial score (nSPS) is 0. The monoisotopic (exact) mass is 239 g/mol. The zero-order valence-electron chi connectivity index (χ0n) is 8.38. The molecule has 0 spiro atoms. The van der Waals surface area contributed by atoms with Crippen molar-refractivity contribution in [2.45, 2.75) is 0 Å². The summed E-state index contributed by atoms with van der Waals surface area (Å²) in [5.74, 6) is 0. The third kappa shape index (κ3) is 48.0. The summed E-state index contributed by atoms with van der Waals surface area (Å²) in [5, 5.41) is 0. The zero-order chi connectivity index (χ0) is 0. The molecule has 0 atom stereocenters. The van der Waals surface area contributed by atoms with E-state index < -0.39 is 0 Å². The summed E-state index contributed by atoms with van der Waals surface area (Å²) in [6.45, 7) is 0. The number of rotatable bonds is 0. The minimum Gasteiger partial charge on any atom is 1.00 e. The second-order valence-corrected chi connectivity index (χ2v) is 0. The molecule has 0 aliphatic carbocycles. The van der Waals surface area contributed by atoms with Crippen LogP contribution in [-0.4, -0.2) is 0 Å². The molecule has 0 unspecified atom stereocenters. The largest absolute Gasteiger partial charge is 3.00 e. The zero-order valence-corrected chi connectivity index (χ0v) is 25.6. The van der Waals surface area contributed by atoms with Crippen molar-refractivity contribution >= 4 is 0 Å². The maximum atomic E-state index is 0. The average Bonchev–Trinajstić information content (AvgIpc) is 0. The third-order valence-electron chi connectivity index (χ3n) is 0. The Hall–Kier alpha value is 8.52. The quantitative estimate of drug-likeness (QED) is 0.368. The fraction of sp³-hybridized carbons (Fsp3) is 0. The van der Waals surface area contributed by atoms with E-state index in [1.54, 1.807) is 0 Å². The summed E-state index contributed by atoms with van der Waals surface area (Å²) in [4.78, 5) is 0. The first-order valence-electron chi connectivity index (χ1n) is 0. The number of hydrogen-bond acceptors (Lipinski definition) is 0. The van der Waals surface area contributed by atoms with Crippen LogP contribution in [-0.2, 0) is 17.1 Å². The van der Waals surface area contributed by atoms with Gasteiger partial charge in [0.15, 0.2) is 0 Å². The smallest absolute Gasteiger partial charge is 1.00 e. The number of hydrogen-bond donors (Lipinski definition) is 0. The van der Waals surface area contributed by atoms with E-state index in [0.717, 1.165) is 0 Å². The van der Waals surface area contributed by atoms with Gasteiger partial charge in [0.2, 0.25) is 0 Å². The Morgan fingerprint density at radius 3 is 0.222 bits per heavy atom. The predicted molar refractivity (Wildman–Crippen MR) is 0 cm³/mol. The molecule has 0 aromatic heterocycles. The molecule has 0 bridgehead atoms. The third-order valence-corrected chi connectivity index (χ3v) is 0. The van der Waals surface area contributed by atoms with Crippen LogP contribution in [0, 0.1) is 0 Å². The Bertz CT molecular complexity index is 4.53. The van der Waals surface area contributed by atoms with Crippen molar-refractivity contribution in [1.82, 2.24) is 0 Å². The Morgan fingerprint density at radius 2 is 0.222 bits per heavy atom. The van der Waals surface area contributed by atoms with E-state index in [2.05, 4.69) is 0 Å². The SMILES string of the molecule is [Mn+3].[Na+].[Na+].[Na+].[Na+].[Na+].[Na+].[Na+].[Na+]. The van der Waals surface area contributed by atoms with Crippen molar-refractivity contribution in [2.24, 2.45) is 0 Å². The van der Waals surface area contributed by atoms with E-state index in [0.29, 0.717) is 0 Å². The summed E-state index contributed by atoms with van der Waals surface area (Å²) >= 11 is 0. The predicted octanol–water partition coefficient (Wildman–Crippen LogP) is -24.0. The molecule has 0 rings (SSSR count). The Kier molecular flexibility index (Phi) is 401. The summed E-state index contributed by atoms with van der Waals surface area (Å²) < 4.78 is 0. The molecule has 0 fully saturated rings. The van der Waals surface area contributed by atoms with Crippen molar-refractivity contribution < 1.29 is 254 Å². The molecule has 0 saturated carbocycles. The topological polar surface area (TPSA) is 0 Å². The summed E-state index contributed by atoms with van der Waals surface area (Å²) in [5.41, 5.74) is 0. The molecule has 0 N–H and O–H groups in total. The van der Waals surface area contributed by atoms with Crippen molar-refractivity contribution in [2.75, 3.05) is 0 Å². The molecule has 9 heavy (non-hydrogen) atoms. The van der Waals surface area contributed by atoms with E-state index in [1.807, 2.05) is 0 Å². The van der Waals surface area contributed by atoms with E-state index >= 15 is 0 Å². The summed E-state index contributed by atoms with van der Waals surface area (Å²) in [6.07, 6.45) is 0. The molecule has 0 radical (unpaired) electrons. The van der Waals surface area contributed by atoms with Gasteiger partial charge < -0.3 is 0 Å². The van der Waals surface area contributed by atoms with Gasteiger partial charge >= 0.3 is 254 Å². The van der Waals surface area contributed by atoms with E-state index in [-0.39, 0.29) is 254 Å². The van der Waals surface area contributed by atoms with Crippen molar-refractivity contribution in [1.29, 1.82) is 0 Å². The van der Waals surface area contributed by atoms with Crippen LogP contribution in [0.25, 0.3) is 0 Å². The molecule has 4 valence electrons. The van der Waals surface area contributed by atoms with Gasteiger partial charge in [-0.25, -0.2) is 0 Å². The first-order valence-corrected chi connectivity index (χ1v) is 0. The standard InChI is InChI=1S/Mn.8Na/q+3;8*+1. The van der Waals surface area contributed by atoms with Gasteiger partial charge in [-0.3, -0.25) is 0 Å². The Morgan fingerprint density at radius 1 is 0.222 bits per heavy atom. The van der Waals surface area contributed by atoms with E-state index in [1.165, 1.54) is 0 Å². The van der Waals surface area contributed by atoms with Crippen LogP contribution in [0.4, 0.5) is 0 Å². The van der Waals surface area contributed by atoms with Crippen LogP contribution >= 0.6 is 0 Å². The minimum atomic E-state index is 0. The summed E-state index contributed by atoms with van der Waals surface area (Å²) in [6, 6.07) is 0. The van der Waals surface area contributed by atoms with Gasteiger partial charge in [-0.15, -0.1) is 0 Å². The first-order chi connectivity index (χ1) is 0. The first kappa shape index (κ1) is 65.9. The average molecular weight is 239 g/mol. The van der Waals surface area contributed by atoms with Crippen LogP contribution in [0.5, 0.6) is 0 Å². The van der Waals surface area contributed by atoms with Crippen molar-refractivity contribution in [3.63, 3.8) is 0 Å². The van der Waals surface area contributed by atoms with Crippen LogP contribution < -0.4 is 236 Å². The molecule has 9 heteroatoms. The molecular formula is MnNa8+11. The molecule has 0 aromatic carbocycles. The van der Waals surface area contributed by atoms with E-state index in [9.17, 15) is 0 Å². The van der Waals surface area contributed by atoms with Crippen LogP contribution in [0.3, 0.4) is 0 Å². The molecule has 0 aliphatic heterocycles. The maximum Gasteiger partial charge on any atom is 3.00 e. The molecular weight excluding hydrogens is 239 g/mol. The van der Waals surface area contributed by atoms with Gasteiger partial charge in [0.1, 0.15) is 0 Å². The van der Waals surface area contributed by atoms with Crippen molar-refractivity contribution in [3.8, 4) is 0 Å². The van der Waals surface area contributed by atoms with E-state index in [4.69, 9.17) is 0 Å². The summed E-state index contributed by atoms with van der Waals surface area (Å²) in [7, 11) is 0. The van der Waals surface area contributed by atoms with Crippen LogP contribution in [0.2, 0.25) is 0 Å². The van der Waals surface area contributed by atoms with Crippen molar-refractivity contribution in [3.05, 3.63) is 0 Å². The molecule has 0 nitrogen and oxygen atoms in total. The van der Waals surface area contributed by atoms with Gasteiger partial charge in [0.25, 0.3) is 0 Å². The molecule has 0 saturated heterocycles. The van der Waals surface area contributed by atoms with Gasteiger partial charge in [0.05, 0.1) is 0 Å². The Labute approximate surface area is 245 Å². The van der Waals surface area contributed by atoms with Gasteiger partial charge in [-0.05, 0) is 0 Å². The van der Waals surface area contributed by atoms with Gasteiger partial charge in [0, 0.05) is 0 Å². The maximum absolute atomic E-state index is 0. The Balaban J connectivity index is 0. The molecule has 0 heterocycles. The molecule has 0 amide bonds. The minimum absolute atomic E-state index is 0. The van der Waals surface area contributed by atoms with Crippen LogP contribution in [0.15, 0.2) is 0 Å². The van der Waals surface area contributed by atoms with Crippen LogP contribution in [0.1, 0.15) is 0 Å². The fourth-order valence-corrected chi connectivity index (χ4v) is 0. The second kappa shape index (κ2) is 54.8. The van der Waals surface area contributed by atoms with Gasteiger partial charge in [-0.1, -0.05) is 0 Å². The second-order valence-electron chi connectivity index (χ2n) is 0. The molecule has 0 aromatic rings. The fourth-order valence-electron chi connectivity index (χ4n) is 0. The molecule has 0 aliphatic rings. The van der Waals surface area contributed by atoms with Gasteiger partial charge in [-0.2, -0.15) is 0 Å².